The van der Waals surface area contributed by atoms with Gasteiger partial charge < -0.3 is 10.1 Å². The van der Waals surface area contributed by atoms with Crippen LogP contribution in [0.1, 0.15) is 30.4 Å². The molecule has 1 amide bonds. The van der Waals surface area contributed by atoms with Crippen LogP contribution in [0.5, 0.6) is 0 Å². The number of hydrogen-bond acceptors (Lipinski definition) is 4. The van der Waals surface area contributed by atoms with E-state index in [4.69, 9.17) is 4.74 Å². The van der Waals surface area contributed by atoms with Crippen molar-refractivity contribution in [1.82, 2.24) is 5.32 Å². The standard InChI is InChI=1S/C16H19NO3S/c18-15(17-13-5-6-13)9-20-16(19)10-21-14-7-4-11-2-1-3-12(11)8-14/h4,7-8,13H,1-3,5-6,9-10H2,(H,17,18). The van der Waals surface area contributed by atoms with Crippen molar-refractivity contribution >= 4 is 23.6 Å². The fourth-order valence-corrected chi connectivity index (χ4v) is 3.22. The average Bonchev–Trinajstić information content (AvgIpc) is 3.16. The van der Waals surface area contributed by atoms with Crippen molar-refractivity contribution in [2.45, 2.75) is 43.0 Å². The smallest absolute Gasteiger partial charge is 0.316 e. The Morgan fingerprint density at radius 3 is 2.86 bits per heavy atom. The quantitative estimate of drug-likeness (QED) is 0.646. The number of aryl methyl sites for hydroxylation is 2. The third-order valence-corrected chi connectivity index (χ3v) is 4.70. The Kier molecular flexibility index (Phi) is 4.48. The van der Waals surface area contributed by atoms with Gasteiger partial charge in [0.2, 0.25) is 0 Å². The molecule has 1 aromatic rings. The maximum atomic E-state index is 11.6. The van der Waals surface area contributed by atoms with Crippen molar-refractivity contribution in [2.24, 2.45) is 0 Å². The number of carbonyl (C=O) groups excluding carboxylic acids is 2. The molecule has 0 unspecified atom stereocenters. The van der Waals surface area contributed by atoms with Gasteiger partial charge >= 0.3 is 5.97 Å². The Morgan fingerprint density at radius 1 is 1.24 bits per heavy atom. The van der Waals surface area contributed by atoms with E-state index in [1.54, 1.807) is 0 Å². The molecule has 1 N–H and O–H groups in total. The van der Waals surface area contributed by atoms with Crippen LogP contribution in [0.15, 0.2) is 23.1 Å². The van der Waals surface area contributed by atoms with E-state index in [0.29, 0.717) is 6.04 Å². The minimum Gasteiger partial charge on any atom is -0.455 e. The molecule has 0 aliphatic heterocycles. The zero-order valence-electron chi connectivity index (χ0n) is 11.9. The fraction of sp³-hybridized carbons (Fsp3) is 0.500. The van der Waals surface area contributed by atoms with Crippen LogP contribution < -0.4 is 5.32 Å². The molecule has 1 saturated carbocycles. The summed E-state index contributed by atoms with van der Waals surface area (Å²) in [5.74, 6) is -0.296. The predicted octanol–water partition coefficient (Wildman–Crippen LogP) is 2.09. The van der Waals surface area contributed by atoms with E-state index in [0.717, 1.165) is 24.2 Å². The average molecular weight is 305 g/mol. The number of nitrogens with one attached hydrogen (secondary N) is 1. The fourth-order valence-electron chi connectivity index (χ4n) is 2.46. The maximum Gasteiger partial charge on any atom is 0.316 e. The van der Waals surface area contributed by atoms with Crippen molar-refractivity contribution in [3.05, 3.63) is 29.3 Å². The number of benzene rings is 1. The van der Waals surface area contributed by atoms with Crippen molar-refractivity contribution in [3.8, 4) is 0 Å². The lowest BCUT2D eigenvalue weighted by Gasteiger charge is -2.06. The maximum absolute atomic E-state index is 11.6. The molecule has 4 nitrogen and oxygen atoms in total. The highest BCUT2D eigenvalue weighted by atomic mass is 32.2. The van der Waals surface area contributed by atoms with Gasteiger partial charge in [-0.15, -0.1) is 11.8 Å². The topological polar surface area (TPSA) is 55.4 Å². The van der Waals surface area contributed by atoms with Crippen LogP contribution in [0.4, 0.5) is 0 Å². The molecule has 0 saturated heterocycles. The van der Waals surface area contributed by atoms with E-state index < -0.39 is 0 Å². The molecule has 0 aromatic heterocycles. The number of hydrogen-bond donors (Lipinski definition) is 1. The van der Waals surface area contributed by atoms with E-state index in [1.807, 2.05) is 0 Å². The second-order valence-electron chi connectivity index (χ2n) is 5.58. The Bertz CT molecular complexity index is 554. The molecule has 2 aliphatic carbocycles. The lowest BCUT2D eigenvalue weighted by atomic mass is 10.1. The Balaban J connectivity index is 1.39. The van der Waals surface area contributed by atoms with Gasteiger partial charge in [-0.3, -0.25) is 9.59 Å². The van der Waals surface area contributed by atoms with Crippen LogP contribution in [-0.4, -0.2) is 30.3 Å². The third-order valence-electron chi connectivity index (χ3n) is 3.73. The highest BCUT2D eigenvalue weighted by molar-refractivity contribution is 8.00. The zero-order chi connectivity index (χ0) is 14.7. The van der Waals surface area contributed by atoms with Gasteiger partial charge in [-0.05, 0) is 55.4 Å². The third kappa shape index (κ3) is 4.24. The second-order valence-corrected chi connectivity index (χ2v) is 6.62. The molecule has 1 aromatic carbocycles. The summed E-state index contributed by atoms with van der Waals surface area (Å²) in [6.45, 7) is -0.167. The number of rotatable bonds is 6. The van der Waals surface area contributed by atoms with Gasteiger partial charge in [0.1, 0.15) is 0 Å². The molecular weight excluding hydrogens is 286 g/mol. The first-order valence-electron chi connectivity index (χ1n) is 7.40. The van der Waals surface area contributed by atoms with E-state index in [2.05, 4.69) is 23.5 Å². The number of ether oxygens (including phenoxy) is 1. The monoisotopic (exact) mass is 305 g/mol. The summed E-state index contributed by atoms with van der Waals surface area (Å²) in [6, 6.07) is 6.68. The molecular formula is C16H19NO3S. The molecule has 112 valence electrons. The van der Waals surface area contributed by atoms with Gasteiger partial charge in [0, 0.05) is 10.9 Å². The van der Waals surface area contributed by atoms with Gasteiger partial charge in [0.05, 0.1) is 5.75 Å². The molecule has 0 heterocycles. The van der Waals surface area contributed by atoms with E-state index in [9.17, 15) is 9.59 Å². The Labute approximate surface area is 128 Å². The molecule has 5 heteroatoms. The second kappa shape index (κ2) is 6.52. The van der Waals surface area contributed by atoms with Crippen LogP contribution in [0.2, 0.25) is 0 Å². The number of esters is 1. The number of thioether (sulfide) groups is 1. The Morgan fingerprint density at radius 2 is 2.05 bits per heavy atom. The van der Waals surface area contributed by atoms with Crippen molar-refractivity contribution in [1.29, 1.82) is 0 Å². The van der Waals surface area contributed by atoms with Gasteiger partial charge in [-0.2, -0.15) is 0 Å². The van der Waals surface area contributed by atoms with Crippen LogP contribution in [-0.2, 0) is 27.2 Å². The van der Waals surface area contributed by atoms with Gasteiger partial charge in [-0.1, -0.05) is 6.07 Å². The van der Waals surface area contributed by atoms with E-state index in [-0.39, 0.29) is 24.2 Å². The number of fused-ring (bicyclic) bond motifs is 1. The van der Waals surface area contributed by atoms with Gasteiger partial charge in [0.25, 0.3) is 5.91 Å². The van der Waals surface area contributed by atoms with E-state index >= 15 is 0 Å². The Hall–Kier alpha value is -1.49. The molecule has 0 spiro atoms. The molecule has 0 bridgehead atoms. The zero-order valence-corrected chi connectivity index (χ0v) is 12.7. The predicted molar refractivity (Wildman–Crippen MR) is 81.3 cm³/mol. The summed E-state index contributed by atoms with van der Waals surface area (Å²) in [5, 5.41) is 2.79. The molecule has 0 atom stereocenters. The molecule has 0 radical (unpaired) electrons. The molecule has 1 fully saturated rings. The highest BCUT2D eigenvalue weighted by Gasteiger charge is 2.23. The summed E-state index contributed by atoms with van der Waals surface area (Å²) in [7, 11) is 0. The van der Waals surface area contributed by atoms with E-state index in [1.165, 1.54) is 35.7 Å². The first-order valence-corrected chi connectivity index (χ1v) is 8.39. The molecule has 2 aliphatic rings. The summed E-state index contributed by atoms with van der Waals surface area (Å²) in [6.07, 6.45) is 5.59. The SMILES string of the molecule is O=C(COC(=O)CSc1ccc2c(c1)CCC2)NC1CC1. The minimum absolute atomic E-state index is 0.167. The van der Waals surface area contributed by atoms with Gasteiger partial charge in [-0.25, -0.2) is 0 Å². The summed E-state index contributed by atoms with van der Waals surface area (Å²) < 4.78 is 4.98. The summed E-state index contributed by atoms with van der Waals surface area (Å²) in [5.41, 5.74) is 2.83. The van der Waals surface area contributed by atoms with Crippen molar-refractivity contribution < 1.29 is 14.3 Å². The van der Waals surface area contributed by atoms with Crippen LogP contribution in [0.3, 0.4) is 0 Å². The van der Waals surface area contributed by atoms with Crippen LogP contribution >= 0.6 is 11.8 Å². The van der Waals surface area contributed by atoms with Crippen molar-refractivity contribution in [2.75, 3.05) is 12.4 Å². The summed E-state index contributed by atoms with van der Waals surface area (Å²) >= 11 is 1.47. The van der Waals surface area contributed by atoms with Crippen LogP contribution in [0, 0.1) is 0 Å². The number of amides is 1. The summed E-state index contributed by atoms with van der Waals surface area (Å²) in [4.78, 5) is 24.1. The molecule has 21 heavy (non-hydrogen) atoms. The largest absolute Gasteiger partial charge is 0.455 e. The van der Waals surface area contributed by atoms with Crippen LogP contribution in [0.25, 0.3) is 0 Å². The number of carbonyl (C=O) groups is 2. The first-order chi connectivity index (χ1) is 10.2. The van der Waals surface area contributed by atoms with Gasteiger partial charge in [0.15, 0.2) is 6.61 Å². The van der Waals surface area contributed by atoms with Crippen molar-refractivity contribution in [3.63, 3.8) is 0 Å². The lowest BCUT2D eigenvalue weighted by Crippen LogP contribution is -2.30. The lowest BCUT2D eigenvalue weighted by molar-refractivity contribution is -0.145. The normalized spacial score (nSPS) is 16.4. The minimum atomic E-state index is -0.341. The highest BCUT2D eigenvalue weighted by Crippen LogP contribution is 2.27. The first kappa shape index (κ1) is 14.4. The molecule has 3 rings (SSSR count).